The molecule has 4 aliphatic rings. The van der Waals surface area contributed by atoms with Crippen LogP contribution in [0.1, 0.15) is 171 Å². The van der Waals surface area contributed by atoms with Crippen LogP contribution >= 0.6 is 0 Å². The monoisotopic (exact) mass is 1150 g/mol. The lowest BCUT2D eigenvalue weighted by atomic mass is 9.43. The highest BCUT2D eigenvalue weighted by molar-refractivity contribution is 6.95. The molecular weight excluding hydrogens is 1070 g/mol. The third-order valence-corrected chi connectivity index (χ3v) is 21.2. The van der Waals surface area contributed by atoms with Gasteiger partial charge in [-0.25, -0.2) is 0 Å². The number of benzene rings is 9. The van der Waals surface area contributed by atoms with Gasteiger partial charge in [-0.3, -0.25) is 4.90 Å². The Hall–Kier alpha value is -8.02. The van der Waals surface area contributed by atoms with E-state index in [9.17, 15) is 0 Å². The summed E-state index contributed by atoms with van der Waals surface area (Å²) >= 11 is 0. The van der Waals surface area contributed by atoms with Crippen molar-refractivity contribution in [1.29, 1.82) is 0 Å². The predicted molar refractivity (Wildman–Crippen MR) is 377 cm³/mol. The maximum Gasteiger partial charge on any atom is 0.337 e. The van der Waals surface area contributed by atoms with Gasteiger partial charge in [0, 0.05) is 56.1 Å². The van der Waals surface area contributed by atoms with Gasteiger partial charge in [0.1, 0.15) is 5.58 Å². The summed E-state index contributed by atoms with van der Waals surface area (Å²) in [6.45, 7) is 30.9. The summed E-state index contributed by atoms with van der Waals surface area (Å²) in [5, 5.41) is 1.20. The van der Waals surface area contributed by atoms with E-state index in [0.717, 1.165) is 91.3 Å². The van der Waals surface area contributed by atoms with Crippen molar-refractivity contribution < 1.29 is 4.42 Å². The first kappa shape index (κ1) is 57.7. The maximum absolute atomic E-state index is 7.93. The van der Waals surface area contributed by atoms with Crippen LogP contribution < -0.4 is 25.5 Å². The Bertz CT molecular complexity index is 4330. The molecule has 0 spiro atoms. The van der Waals surface area contributed by atoms with Crippen molar-refractivity contribution in [3.8, 4) is 33.4 Å². The Labute approximate surface area is 525 Å². The van der Waals surface area contributed by atoms with Gasteiger partial charge < -0.3 is 14.1 Å². The van der Waals surface area contributed by atoms with Gasteiger partial charge in [-0.2, -0.15) is 0 Å². The number of nitrogens with zero attached hydrogens (tertiary/aromatic N) is 3. The second kappa shape index (κ2) is 21.6. The summed E-state index contributed by atoms with van der Waals surface area (Å²) in [5.41, 5.74) is 31.2. The molecule has 5 heteroatoms. The molecule has 9 aromatic carbocycles. The first-order chi connectivity index (χ1) is 42.2. The number of fused-ring (bicyclic) bond motifs is 8. The van der Waals surface area contributed by atoms with Gasteiger partial charge in [0.05, 0.1) is 5.69 Å². The van der Waals surface area contributed by atoms with E-state index in [1.807, 2.05) is 0 Å². The smallest absolute Gasteiger partial charge is 0.337 e. The molecule has 14 rings (SSSR count). The minimum atomic E-state index is -0.273. The van der Waals surface area contributed by atoms with Crippen molar-refractivity contribution in [2.45, 2.75) is 176 Å². The molecule has 0 bridgehead atoms. The van der Waals surface area contributed by atoms with Crippen LogP contribution in [0, 0.1) is 20.8 Å². The molecule has 2 aliphatic heterocycles. The average molecular weight is 1150 g/mol. The van der Waals surface area contributed by atoms with Gasteiger partial charge in [0.15, 0.2) is 0 Å². The Balaban J connectivity index is 1.14. The summed E-state index contributed by atoms with van der Waals surface area (Å²) in [6.07, 6.45) is 11.3. The van der Waals surface area contributed by atoms with Crippen molar-refractivity contribution >= 4 is 74.4 Å². The summed E-state index contributed by atoms with van der Waals surface area (Å²) in [4.78, 5) is 7.81. The molecule has 0 N–H and O–H groups in total. The van der Waals surface area contributed by atoms with E-state index >= 15 is 0 Å². The van der Waals surface area contributed by atoms with E-state index in [-0.39, 0.29) is 28.5 Å². The van der Waals surface area contributed by atoms with Crippen molar-refractivity contribution in [1.82, 2.24) is 0 Å². The van der Waals surface area contributed by atoms with Gasteiger partial charge in [0.2, 0.25) is 5.88 Å². The first-order valence-electron chi connectivity index (χ1n) is 33.1. The second-order valence-electron chi connectivity index (χ2n) is 29.3. The van der Waals surface area contributed by atoms with Crippen LogP contribution in [0.2, 0.25) is 0 Å². The molecule has 0 radical (unpaired) electrons. The number of para-hydroxylation sites is 1. The highest BCUT2D eigenvalue weighted by atomic mass is 16.4. The Morgan fingerprint density at radius 2 is 1.02 bits per heavy atom. The summed E-state index contributed by atoms with van der Waals surface area (Å²) < 4.78 is 7.93. The molecule has 2 aliphatic carbocycles. The van der Waals surface area contributed by atoms with Crippen LogP contribution in [-0.4, -0.2) is 6.85 Å². The SMILES string of the molecule is CCCCc1ccc(N(c2ccccc2)c2ccc3c(c2)-c2cc(-c4c(C)cc(C)cc4C)cc4c2B(c2c(oc5cc6c(cc25)C(C)(C)CCC6(C)C)N4c2ccc(CCCC)cc2-c2ccccc2)N3c2ccc3c(c2)C(C)(C)CCC3(C)C)cc1. The predicted octanol–water partition coefficient (Wildman–Crippen LogP) is 22.3. The van der Waals surface area contributed by atoms with Crippen LogP contribution in [0.25, 0.3) is 44.3 Å². The number of anilines is 8. The largest absolute Gasteiger partial charge is 0.440 e. The van der Waals surface area contributed by atoms with Gasteiger partial charge in [0.25, 0.3) is 0 Å². The molecule has 3 heterocycles. The van der Waals surface area contributed by atoms with E-state index in [0.29, 0.717) is 0 Å². The second-order valence-corrected chi connectivity index (χ2v) is 29.3. The highest BCUT2D eigenvalue weighted by Gasteiger charge is 2.50. The summed E-state index contributed by atoms with van der Waals surface area (Å²) in [7, 11) is 0. The van der Waals surface area contributed by atoms with Crippen LogP contribution in [0.3, 0.4) is 0 Å². The molecule has 88 heavy (non-hydrogen) atoms. The molecule has 4 nitrogen and oxygen atoms in total. The first-order valence-corrected chi connectivity index (χ1v) is 33.1. The average Bonchev–Trinajstić information content (AvgIpc) is 1.30. The molecule has 0 saturated carbocycles. The maximum atomic E-state index is 7.93. The molecule has 1 aromatic heterocycles. The molecule has 0 atom stereocenters. The van der Waals surface area contributed by atoms with Crippen LogP contribution in [0.15, 0.2) is 180 Å². The van der Waals surface area contributed by atoms with Crippen LogP contribution in [0.5, 0.6) is 0 Å². The topological polar surface area (TPSA) is 22.9 Å². The number of aryl methyl sites for hydroxylation is 5. The summed E-state index contributed by atoms with van der Waals surface area (Å²) in [6, 6.07) is 68.7. The van der Waals surface area contributed by atoms with Crippen LogP contribution in [-0.2, 0) is 34.5 Å². The van der Waals surface area contributed by atoms with Crippen LogP contribution in [0.4, 0.5) is 45.7 Å². The van der Waals surface area contributed by atoms with Crippen molar-refractivity contribution in [3.63, 3.8) is 0 Å². The van der Waals surface area contributed by atoms with Crippen molar-refractivity contribution in [2.75, 3.05) is 14.6 Å². The molecule has 0 amide bonds. The minimum Gasteiger partial charge on any atom is -0.440 e. The Kier molecular flexibility index (Phi) is 14.2. The van der Waals surface area contributed by atoms with E-state index in [1.165, 1.54) is 124 Å². The van der Waals surface area contributed by atoms with Crippen molar-refractivity contribution in [3.05, 3.63) is 226 Å². The van der Waals surface area contributed by atoms with E-state index in [2.05, 4.69) is 281 Å². The fourth-order valence-electron chi connectivity index (χ4n) is 16.1. The van der Waals surface area contributed by atoms with E-state index < -0.39 is 0 Å². The fraction of sp³-hybridized carbons (Fsp3) is 0.325. The standard InChI is InChI=1S/C83H88BN3O/c1-14-16-24-56-30-33-61(34-31-56)85(60-28-22-19-23-29-60)62-36-39-73-65(49-62)66-47-59(76-54(4)44-53(3)45-55(76)5)48-74-77(66)84(87(73)63-35-37-68-69(50-63)81(8,9)41-40-80(68,6)7)78-67-51-70-71(83(12,13)43-42-82(70,10)11)52-75(67)88-79(78)86(74)72-38-32-57(25-17-15-2)46-64(72)58-26-20-18-21-27-58/h18-23,26-39,44-52H,14-17,24-25,40-43H2,1-13H3. The number of hydrogen-bond donors (Lipinski definition) is 0. The zero-order valence-electron chi connectivity index (χ0n) is 54.6. The van der Waals surface area contributed by atoms with Gasteiger partial charge in [-0.1, -0.05) is 173 Å². The van der Waals surface area contributed by atoms with E-state index in [1.54, 1.807) is 0 Å². The lowest BCUT2D eigenvalue weighted by Crippen LogP contribution is -2.61. The molecular formula is C83H88BN3O. The van der Waals surface area contributed by atoms with Gasteiger partial charge >= 0.3 is 6.85 Å². The lowest BCUT2D eigenvalue weighted by Gasteiger charge is -2.46. The zero-order valence-corrected chi connectivity index (χ0v) is 54.6. The number of unbranched alkanes of at least 4 members (excludes halogenated alkanes) is 2. The fourth-order valence-corrected chi connectivity index (χ4v) is 16.1. The quantitative estimate of drug-likeness (QED) is 0.107. The zero-order chi connectivity index (χ0) is 61.2. The molecule has 10 aromatic rings. The van der Waals surface area contributed by atoms with E-state index in [4.69, 9.17) is 4.42 Å². The molecule has 0 unspecified atom stereocenters. The minimum absolute atomic E-state index is 0.0151. The molecule has 0 fully saturated rings. The Morgan fingerprint density at radius 3 is 1.68 bits per heavy atom. The normalized spacial score (nSPS) is 16.4. The number of hydrogen-bond acceptors (Lipinski definition) is 4. The summed E-state index contributed by atoms with van der Waals surface area (Å²) in [5.74, 6) is 0.895. The lowest BCUT2D eigenvalue weighted by molar-refractivity contribution is 0.332. The van der Waals surface area contributed by atoms with Gasteiger partial charge in [-0.15, -0.1) is 0 Å². The Morgan fingerprint density at radius 1 is 0.455 bits per heavy atom. The molecule has 444 valence electrons. The number of furan rings is 1. The molecule has 0 saturated heterocycles. The third kappa shape index (κ3) is 9.64. The van der Waals surface area contributed by atoms with Crippen molar-refractivity contribution in [2.24, 2.45) is 0 Å². The number of rotatable bonds is 13. The highest BCUT2D eigenvalue weighted by Crippen LogP contribution is 2.56. The third-order valence-electron chi connectivity index (χ3n) is 21.2. The van der Waals surface area contributed by atoms with Gasteiger partial charge in [-0.05, 0) is 257 Å².